The number of aromatic nitrogens is 3. The van der Waals surface area contributed by atoms with Crippen molar-refractivity contribution in [2.75, 3.05) is 0 Å². The van der Waals surface area contributed by atoms with Gasteiger partial charge < -0.3 is 5.32 Å². The van der Waals surface area contributed by atoms with Crippen LogP contribution in [0, 0.1) is 5.82 Å². The van der Waals surface area contributed by atoms with E-state index < -0.39 is 0 Å². The molecule has 4 nitrogen and oxygen atoms in total. The lowest BCUT2D eigenvalue weighted by molar-refractivity contribution is 0.628. The third-order valence-electron chi connectivity index (χ3n) is 2.83. The summed E-state index contributed by atoms with van der Waals surface area (Å²) < 4.78 is 12.9. The van der Waals surface area contributed by atoms with Crippen LogP contribution >= 0.6 is 11.3 Å². The van der Waals surface area contributed by atoms with Crippen molar-refractivity contribution < 1.29 is 4.39 Å². The van der Waals surface area contributed by atoms with E-state index in [0.717, 1.165) is 28.4 Å². The molecule has 0 bridgehead atoms. The van der Waals surface area contributed by atoms with Crippen LogP contribution in [0.1, 0.15) is 11.3 Å². The molecule has 3 aromatic rings. The van der Waals surface area contributed by atoms with Crippen LogP contribution in [-0.2, 0) is 13.1 Å². The minimum atomic E-state index is -0.229. The molecular weight excluding hydrogens is 275 g/mol. The fraction of sp³-hybridized carbons (Fsp3) is 0.143. The first-order valence-electron chi connectivity index (χ1n) is 6.20. The maximum Gasteiger partial charge on any atom is 0.123 e. The molecule has 2 N–H and O–H groups in total. The zero-order valence-electron chi connectivity index (χ0n) is 10.6. The number of thiazole rings is 1. The fourth-order valence-corrected chi connectivity index (χ4v) is 2.65. The Morgan fingerprint density at radius 3 is 2.80 bits per heavy atom. The summed E-state index contributed by atoms with van der Waals surface area (Å²) in [6.07, 6.45) is 3.65. The van der Waals surface area contributed by atoms with Gasteiger partial charge in [-0.15, -0.1) is 11.3 Å². The van der Waals surface area contributed by atoms with Crippen LogP contribution in [-0.4, -0.2) is 15.2 Å². The van der Waals surface area contributed by atoms with Crippen LogP contribution < -0.4 is 5.32 Å². The van der Waals surface area contributed by atoms with E-state index in [4.69, 9.17) is 0 Å². The minimum Gasteiger partial charge on any atom is -0.307 e. The Hall–Kier alpha value is -2.05. The van der Waals surface area contributed by atoms with Crippen molar-refractivity contribution in [3.05, 3.63) is 59.1 Å². The lowest BCUT2D eigenvalue weighted by atomic mass is 10.2. The molecule has 3 rings (SSSR count). The van der Waals surface area contributed by atoms with Gasteiger partial charge >= 0.3 is 0 Å². The van der Waals surface area contributed by atoms with E-state index in [0.29, 0.717) is 6.54 Å². The van der Waals surface area contributed by atoms with Crippen LogP contribution in [0.3, 0.4) is 0 Å². The number of rotatable bonds is 5. The fourth-order valence-electron chi connectivity index (χ4n) is 1.82. The first-order chi connectivity index (χ1) is 9.81. The van der Waals surface area contributed by atoms with E-state index in [1.54, 1.807) is 29.7 Å². The van der Waals surface area contributed by atoms with Gasteiger partial charge in [-0.3, -0.25) is 5.10 Å². The highest BCUT2D eigenvalue weighted by Gasteiger charge is 2.05. The largest absolute Gasteiger partial charge is 0.307 e. The quantitative estimate of drug-likeness (QED) is 0.759. The summed E-state index contributed by atoms with van der Waals surface area (Å²) in [6.45, 7) is 1.45. The van der Waals surface area contributed by atoms with Crippen molar-refractivity contribution in [2.24, 2.45) is 0 Å². The number of hydrogen-bond acceptors (Lipinski definition) is 4. The number of nitrogens with zero attached hydrogens (tertiary/aromatic N) is 2. The topological polar surface area (TPSA) is 53.6 Å². The Bertz CT molecular complexity index is 661. The molecule has 1 aromatic carbocycles. The number of benzene rings is 1. The van der Waals surface area contributed by atoms with Gasteiger partial charge in [0.2, 0.25) is 0 Å². The van der Waals surface area contributed by atoms with Gasteiger partial charge in [-0.05, 0) is 24.3 Å². The molecular formula is C14H13FN4S. The van der Waals surface area contributed by atoms with Crippen molar-refractivity contribution in [1.82, 2.24) is 20.5 Å². The van der Waals surface area contributed by atoms with Crippen molar-refractivity contribution in [3.8, 4) is 10.6 Å². The van der Waals surface area contributed by atoms with E-state index in [9.17, 15) is 4.39 Å². The maximum absolute atomic E-state index is 12.9. The van der Waals surface area contributed by atoms with Crippen molar-refractivity contribution >= 4 is 11.3 Å². The molecule has 0 aliphatic rings. The summed E-state index contributed by atoms with van der Waals surface area (Å²) >= 11 is 1.56. The molecule has 0 spiro atoms. The SMILES string of the molecule is Fc1ccc(-c2nc(CNCc3cn[nH]c3)cs2)cc1. The normalized spacial score (nSPS) is 10.8. The Balaban J connectivity index is 1.60. The standard InChI is InChI=1S/C14H13FN4S/c15-12-3-1-11(2-4-12)14-19-13(9-20-14)8-16-5-10-6-17-18-7-10/h1-4,6-7,9,16H,5,8H2,(H,17,18). The molecule has 0 amide bonds. The molecule has 0 fully saturated rings. The predicted octanol–water partition coefficient (Wildman–Crippen LogP) is 2.96. The van der Waals surface area contributed by atoms with Crippen LogP contribution in [0.25, 0.3) is 10.6 Å². The minimum absolute atomic E-state index is 0.229. The predicted molar refractivity (Wildman–Crippen MR) is 76.6 cm³/mol. The molecule has 2 aromatic heterocycles. The van der Waals surface area contributed by atoms with E-state index in [-0.39, 0.29) is 5.82 Å². The Kier molecular flexibility index (Phi) is 3.85. The number of aromatic amines is 1. The van der Waals surface area contributed by atoms with Gasteiger partial charge in [-0.2, -0.15) is 5.10 Å². The summed E-state index contributed by atoms with van der Waals surface area (Å²) in [5.74, 6) is -0.229. The Morgan fingerprint density at radius 2 is 2.05 bits per heavy atom. The van der Waals surface area contributed by atoms with Crippen LogP contribution in [0.15, 0.2) is 42.0 Å². The molecule has 6 heteroatoms. The second kappa shape index (κ2) is 5.94. The Morgan fingerprint density at radius 1 is 1.20 bits per heavy atom. The van der Waals surface area contributed by atoms with Crippen molar-refractivity contribution in [2.45, 2.75) is 13.1 Å². The van der Waals surface area contributed by atoms with Crippen LogP contribution in [0.4, 0.5) is 4.39 Å². The van der Waals surface area contributed by atoms with Crippen molar-refractivity contribution in [3.63, 3.8) is 0 Å². The summed E-state index contributed by atoms with van der Waals surface area (Å²) in [7, 11) is 0. The first kappa shape index (κ1) is 13.0. The monoisotopic (exact) mass is 288 g/mol. The number of nitrogens with one attached hydrogen (secondary N) is 2. The molecule has 0 aliphatic heterocycles. The highest BCUT2D eigenvalue weighted by atomic mass is 32.1. The van der Waals surface area contributed by atoms with Gasteiger partial charge in [0.05, 0.1) is 11.9 Å². The van der Waals surface area contributed by atoms with Gasteiger partial charge in [0.1, 0.15) is 10.8 Å². The molecule has 0 aliphatic carbocycles. The Labute approximate surface area is 119 Å². The number of hydrogen-bond donors (Lipinski definition) is 2. The van der Waals surface area contributed by atoms with Gasteiger partial charge in [-0.1, -0.05) is 0 Å². The molecule has 2 heterocycles. The molecule has 0 saturated carbocycles. The molecule has 102 valence electrons. The highest BCUT2D eigenvalue weighted by molar-refractivity contribution is 7.13. The summed E-state index contributed by atoms with van der Waals surface area (Å²) in [5.41, 5.74) is 3.04. The zero-order chi connectivity index (χ0) is 13.8. The third-order valence-corrected chi connectivity index (χ3v) is 3.77. The van der Waals surface area contributed by atoms with E-state index in [1.165, 1.54) is 12.1 Å². The summed E-state index contributed by atoms with van der Waals surface area (Å²) in [4.78, 5) is 4.54. The van der Waals surface area contributed by atoms with Gasteiger partial charge in [-0.25, -0.2) is 9.37 Å². The van der Waals surface area contributed by atoms with E-state index in [2.05, 4.69) is 20.5 Å². The molecule has 20 heavy (non-hydrogen) atoms. The van der Waals surface area contributed by atoms with E-state index >= 15 is 0 Å². The van der Waals surface area contributed by atoms with Crippen LogP contribution in [0.2, 0.25) is 0 Å². The zero-order valence-corrected chi connectivity index (χ0v) is 11.5. The van der Waals surface area contributed by atoms with E-state index in [1.807, 2.05) is 11.6 Å². The van der Waals surface area contributed by atoms with Gasteiger partial charge in [0.25, 0.3) is 0 Å². The van der Waals surface area contributed by atoms with Gasteiger partial charge in [0, 0.05) is 35.8 Å². The van der Waals surface area contributed by atoms with Crippen molar-refractivity contribution in [1.29, 1.82) is 0 Å². The third kappa shape index (κ3) is 3.09. The molecule has 0 radical (unpaired) electrons. The maximum atomic E-state index is 12.9. The average molecular weight is 288 g/mol. The second-order valence-corrected chi connectivity index (χ2v) is 5.22. The lowest BCUT2D eigenvalue weighted by Gasteiger charge is -1.99. The summed E-state index contributed by atoms with van der Waals surface area (Å²) in [5, 5.41) is 12.9. The first-order valence-corrected chi connectivity index (χ1v) is 7.08. The van der Waals surface area contributed by atoms with Crippen LogP contribution in [0.5, 0.6) is 0 Å². The lowest BCUT2D eigenvalue weighted by Crippen LogP contribution is -2.12. The van der Waals surface area contributed by atoms with Gasteiger partial charge in [0.15, 0.2) is 0 Å². The summed E-state index contributed by atoms with van der Waals surface area (Å²) in [6, 6.07) is 6.40. The highest BCUT2D eigenvalue weighted by Crippen LogP contribution is 2.23. The average Bonchev–Trinajstić information content (AvgIpc) is 3.11. The molecule has 0 unspecified atom stereocenters. The molecule has 0 saturated heterocycles. The molecule has 0 atom stereocenters. The smallest absolute Gasteiger partial charge is 0.123 e. The second-order valence-electron chi connectivity index (χ2n) is 4.36. The number of halogens is 1. The number of H-pyrrole nitrogens is 1.